The number of carbonyl (C=O) groups is 1. The fourth-order valence-corrected chi connectivity index (χ4v) is 1.59. The average molecular weight is 266 g/mol. The highest BCUT2D eigenvalue weighted by atomic mass is 16.2. The smallest absolute Gasteiger partial charge is 0.272 e. The highest BCUT2D eigenvalue weighted by Crippen LogP contribution is 2.05. The number of likely N-dealkylation sites (N-methyl/N-ethyl adjacent to an activating group) is 1. The molecule has 1 rings (SSSR count). The van der Waals surface area contributed by atoms with Crippen LogP contribution in [0.4, 0.5) is 5.82 Å². The van der Waals surface area contributed by atoms with Crippen LogP contribution >= 0.6 is 0 Å². The number of rotatable bonds is 6. The Morgan fingerprint density at radius 1 is 1.37 bits per heavy atom. The van der Waals surface area contributed by atoms with Crippen LogP contribution in [0.15, 0.2) is 12.1 Å². The Bertz CT molecular complexity index is 403. The molecule has 1 amide bonds. The number of nitrogens with one attached hydrogen (secondary N) is 2. The van der Waals surface area contributed by atoms with Gasteiger partial charge < -0.3 is 15.6 Å². The Balaban J connectivity index is 2.70. The second-order valence-electron chi connectivity index (χ2n) is 5.03. The number of hydrogen-bond acceptors (Lipinski definition) is 6. The lowest BCUT2D eigenvalue weighted by Crippen LogP contribution is -2.45. The summed E-state index contributed by atoms with van der Waals surface area (Å²) >= 11 is 0. The molecule has 0 saturated carbocycles. The molecule has 1 heterocycles. The lowest BCUT2D eigenvalue weighted by Gasteiger charge is -2.25. The van der Waals surface area contributed by atoms with Crippen LogP contribution in [-0.4, -0.2) is 47.7 Å². The van der Waals surface area contributed by atoms with E-state index in [1.54, 1.807) is 12.1 Å². The predicted molar refractivity (Wildman–Crippen MR) is 74.5 cm³/mol. The van der Waals surface area contributed by atoms with Crippen LogP contribution in [0.3, 0.4) is 0 Å². The minimum absolute atomic E-state index is 0.0663. The van der Waals surface area contributed by atoms with E-state index in [1.807, 2.05) is 19.0 Å². The molecular formula is C12H22N6O. The van der Waals surface area contributed by atoms with Crippen LogP contribution in [0.25, 0.3) is 0 Å². The van der Waals surface area contributed by atoms with Crippen LogP contribution in [0.2, 0.25) is 0 Å². The van der Waals surface area contributed by atoms with Crippen molar-refractivity contribution in [1.29, 1.82) is 0 Å². The van der Waals surface area contributed by atoms with E-state index in [1.165, 1.54) is 0 Å². The average Bonchev–Trinajstić information content (AvgIpc) is 2.37. The summed E-state index contributed by atoms with van der Waals surface area (Å²) in [5, 5.41) is 10.6. The van der Waals surface area contributed by atoms with E-state index in [-0.39, 0.29) is 17.6 Å². The van der Waals surface area contributed by atoms with E-state index in [4.69, 9.17) is 5.84 Å². The zero-order valence-corrected chi connectivity index (χ0v) is 11.8. The van der Waals surface area contributed by atoms with Crippen molar-refractivity contribution in [3.05, 3.63) is 17.8 Å². The molecule has 7 nitrogen and oxygen atoms in total. The third-order valence-corrected chi connectivity index (χ3v) is 2.73. The summed E-state index contributed by atoms with van der Waals surface area (Å²) in [6, 6.07) is 3.26. The monoisotopic (exact) mass is 266 g/mol. The minimum atomic E-state index is -0.225. The van der Waals surface area contributed by atoms with Gasteiger partial charge in [0, 0.05) is 12.6 Å². The number of hydrazine groups is 1. The van der Waals surface area contributed by atoms with Gasteiger partial charge in [-0.2, -0.15) is 0 Å². The lowest BCUT2D eigenvalue weighted by molar-refractivity contribution is 0.0910. The summed E-state index contributed by atoms with van der Waals surface area (Å²) in [4.78, 5) is 14.1. The molecule has 0 bridgehead atoms. The van der Waals surface area contributed by atoms with Crippen molar-refractivity contribution < 1.29 is 4.79 Å². The fourth-order valence-electron chi connectivity index (χ4n) is 1.59. The summed E-state index contributed by atoms with van der Waals surface area (Å²) < 4.78 is 0. The van der Waals surface area contributed by atoms with E-state index in [9.17, 15) is 4.79 Å². The minimum Gasteiger partial charge on any atom is -0.346 e. The highest BCUT2D eigenvalue weighted by molar-refractivity contribution is 5.92. The molecule has 1 aromatic heterocycles. The SMILES string of the molecule is CC(C)C(CN(C)C)NC(=O)c1ccc(NN)nn1. The Morgan fingerprint density at radius 3 is 2.47 bits per heavy atom. The standard InChI is InChI=1S/C12H22N6O/c1-8(2)10(7-18(3)4)14-12(19)9-5-6-11(15-13)17-16-9/h5-6,8,10H,7,13H2,1-4H3,(H,14,19)(H,15,17). The molecule has 1 unspecified atom stereocenters. The number of amides is 1. The van der Waals surface area contributed by atoms with E-state index in [0.29, 0.717) is 11.7 Å². The first-order chi connectivity index (χ1) is 8.93. The molecule has 0 aliphatic rings. The van der Waals surface area contributed by atoms with Crippen molar-refractivity contribution in [1.82, 2.24) is 20.4 Å². The van der Waals surface area contributed by atoms with Gasteiger partial charge in [-0.15, -0.1) is 10.2 Å². The van der Waals surface area contributed by atoms with Crippen molar-refractivity contribution in [2.24, 2.45) is 11.8 Å². The normalized spacial score (nSPS) is 12.6. The molecule has 1 atom stereocenters. The summed E-state index contributed by atoms with van der Waals surface area (Å²) in [7, 11) is 3.95. The largest absolute Gasteiger partial charge is 0.346 e. The van der Waals surface area contributed by atoms with Gasteiger partial charge in [0.1, 0.15) is 0 Å². The first kappa shape index (κ1) is 15.3. The number of carbonyl (C=O) groups excluding carboxylic acids is 1. The second kappa shape index (κ2) is 7.01. The summed E-state index contributed by atoms with van der Waals surface area (Å²) in [5.41, 5.74) is 2.65. The Labute approximate surface area is 113 Å². The van der Waals surface area contributed by atoms with Gasteiger partial charge in [0.15, 0.2) is 11.5 Å². The Kier molecular flexibility index (Phi) is 5.65. The maximum Gasteiger partial charge on any atom is 0.272 e. The molecule has 4 N–H and O–H groups in total. The van der Waals surface area contributed by atoms with Gasteiger partial charge in [0.05, 0.1) is 0 Å². The van der Waals surface area contributed by atoms with E-state index in [2.05, 4.69) is 34.8 Å². The first-order valence-corrected chi connectivity index (χ1v) is 6.20. The van der Waals surface area contributed by atoms with E-state index in [0.717, 1.165) is 6.54 Å². The Hall–Kier alpha value is -1.73. The number of nitrogen functional groups attached to an aromatic ring is 1. The van der Waals surface area contributed by atoms with Gasteiger partial charge in [-0.3, -0.25) is 4.79 Å². The number of anilines is 1. The molecule has 0 saturated heterocycles. The van der Waals surface area contributed by atoms with Gasteiger partial charge in [-0.1, -0.05) is 13.8 Å². The van der Waals surface area contributed by atoms with Crippen molar-refractivity contribution in [3.63, 3.8) is 0 Å². The molecule has 1 aromatic rings. The van der Waals surface area contributed by atoms with Crippen molar-refractivity contribution in [2.75, 3.05) is 26.1 Å². The molecular weight excluding hydrogens is 244 g/mol. The van der Waals surface area contributed by atoms with Crippen LogP contribution in [0.5, 0.6) is 0 Å². The fraction of sp³-hybridized carbons (Fsp3) is 0.583. The van der Waals surface area contributed by atoms with Gasteiger partial charge in [-0.05, 0) is 32.1 Å². The van der Waals surface area contributed by atoms with Crippen molar-refractivity contribution in [2.45, 2.75) is 19.9 Å². The maximum absolute atomic E-state index is 12.1. The zero-order valence-electron chi connectivity index (χ0n) is 11.8. The number of hydrogen-bond donors (Lipinski definition) is 3. The lowest BCUT2D eigenvalue weighted by atomic mass is 10.0. The number of aromatic nitrogens is 2. The van der Waals surface area contributed by atoms with Gasteiger partial charge in [0.25, 0.3) is 5.91 Å². The van der Waals surface area contributed by atoms with Crippen LogP contribution in [-0.2, 0) is 0 Å². The second-order valence-corrected chi connectivity index (χ2v) is 5.03. The molecule has 0 aromatic carbocycles. The van der Waals surface area contributed by atoms with Crippen molar-refractivity contribution in [3.8, 4) is 0 Å². The van der Waals surface area contributed by atoms with Crippen LogP contribution in [0, 0.1) is 5.92 Å². The van der Waals surface area contributed by atoms with E-state index < -0.39 is 0 Å². The molecule has 0 aliphatic heterocycles. The third kappa shape index (κ3) is 4.80. The molecule has 19 heavy (non-hydrogen) atoms. The third-order valence-electron chi connectivity index (χ3n) is 2.73. The molecule has 0 fully saturated rings. The summed E-state index contributed by atoms with van der Waals surface area (Å²) in [5.74, 6) is 5.73. The predicted octanol–water partition coefficient (Wildman–Crippen LogP) is 0.0782. The first-order valence-electron chi connectivity index (χ1n) is 6.20. The zero-order chi connectivity index (χ0) is 14.4. The molecule has 106 valence electrons. The molecule has 0 aliphatic carbocycles. The molecule has 0 radical (unpaired) electrons. The van der Waals surface area contributed by atoms with Gasteiger partial charge >= 0.3 is 0 Å². The number of nitrogens with two attached hydrogens (primary N) is 1. The van der Waals surface area contributed by atoms with Gasteiger partial charge in [0.2, 0.25) is 0 Å². The summed E-state index contributed by atoms with van der Waals surface area (Å²) in [6.07, 6.45) is 0. The highest BCUT2D eigenvalue weighted by Gasteiger charge is 2.18. The number of nitrogens with zero attached hydrogens (tertiary/aromatic N) is 3. The van der Waals surface area contributed by atoms with Crippen LogP contribution in [0.1, 0.15) is 24.3 Å². The summed E-state index contributed by atoms with van der Waals surface area (Å²) in [6.45, 7) is 4.92. The quantitative estimate of drug-likeness (QED) is 0.498. The van der Waals surface area contributed by atoms with Crippen molar-refractivity contribution >= 4 is 11.7 Å². The topological polar surface area (TPSA) is 96.2 Å². The Morgan fingerprint density at radius 2 is 2.05 bits per heavy atom. The molecule has 0 spiro atoms. The molecule has 7 heteroatoms. The van der Waals surface area contributed by atoms with E-state index >= 15 is 0 Å². The maximum atomic E-state index is 12.1. The van der Waals surface area contributed by atoms with Crippen LogP contribution < -0.4 is 16.6 Å². The van der Waals surface area contributed by atoms with Gasteiger partial charge in [-0.25, -0.2) is 5.84 Å².